The van der Waals surface area contributed by atoms with Crippen molar-refractivity contribution in [2.45, 2.75) is 47.1 Å². The van der Waals surface area contributed by atoms with Crippen molar-refractivity contribution in [3.05, 3.63) is 18.1 Å². The zero-order valence-electron chi connectivity index (χ0n) is 12.8. The Morgan fingerprint density at radius 3 is 1.95 bits per heavy atom. The van der Waals surface area contributed by atoms with Gasteiger partial charge in [-0.2, -0.15) is 0 Å². The molecule has 1 rings (SSSR count). The highest BCUT2D eigenvalue weighted by Gasteiger charge is 2.10. The van der Waals surface area contributed by atoms with Crippen molar-refractivity contribution in [3.8, 4) is 0 Å². The van der Waals surface area contributed by atoms with Gasteiger partial charge in [0.05, 0.1) is 18.1 Å². The van der Waals surface area contributed by atoms with E-state index in [0.29, 0.717) is 18.4 Å². The molecule has 0 spiro atoms. The van der Waals surface area contributed by atoms with Gasteiger partial charge < -0.3 is 10.6 Å². The summed E-state index contributed by atoms with van der Waals surface area (Å²) in [4.78, 5) is 11.2. The molecule has 4 heteroatoms. The fourth-order valence-electron chi connectivity index (χ4n) is 1.79. The van der Waals surface area contributed by atoms with E-state index in [2.05, 4.69) is 42.6 Å². The third kappa shape index (κ3) is 6.01. The second-order valence-corrected chi connectivity index (χ2v) is 5.92. The van der Waals surface area contributed by atoms with Crippen LogP contribution in [0, 0.1) is 11.8 Å². The second-order valence-electron chi connectivity index (χ2n) is 5.92. The molecule has 0 radical (unpaired) electrons. The van der Waals surface area contributed by atoms with Gasteiger partial charge >= 0.3 is 0 Å². The Bertz CT molecular complexity index is 334. The zero-order chi connectivity index (χ0) is 14.3. The molecule has 2 N–H and O–H groups in total. The van der Waals surface area contributed by atoms with E-state index in [-0.39, 0.29) is 0 Å². The summed E-state index contributed by atoms with van der Waals surface area (Å²) in [7, 11) is 0. The molecule has 0 aliphatic carbocycles. The van der Waals surface area contributed by atoms with Crippen molar-refractivity contribution < 1.29 is 0 Å². The van der Waals surface area contributed by atoms with E-state index in [4.69, 9.17) is 5.73 Å². The predicted molar refractivity (Wildman–Crippen MR) is 81.0 cm³/mol. The molecule has 1 aromatic heterocycles. The van der Waals surface area contributed by atoms with E-state index in [1.807, 2.05) is 6.20 Å². The van der Waals surface area contributed by atoms with Gasteiger partial charge in [-0.3, -0.25) is 4.98 Å². The maximum absolute atomic E-state index is 5.56. The quantitative estimate of drug-likeness (QED) is 0.784. The fraction of sp³-hybridized carbons (Fsp3) is 0.733. The monoisotopic (exact) mass is 264 g/mol. The van der Waals surface area contributed by atoms with Crippen LogP contribution in [0.5, 0.6) is 0 Å². The molecule has 0 aromatic carbocycles. The van der Waals surface area contributed by atoms with Crippen molar-refractivity contribution in [3.63, 3.8) is 0 Å². The van der Waals surface area contributed by atoms with Crippen LogP contribution in [0.1, 0.15) is 46.2 Å². The summed E-state index contributed by atoms with van der Waals surface area (Å²) >= 11 is 0. The smallest absolute Gasteiger partial charge is 0.147 e. The van der Waals surface area contributed by atoms with Crippen molar-refractivity contribution in [1.82, 2.24) is 9.97 Å². The van der Waals surface area contributed by atoms with Crippen LogP contribution >= 0.6 is 0 Å². The normalized spacial score (nSPS) is 11.3. The van der Waals surface area contributed by atoms with Gasteiger partial charge in [-0.1, -0.05) is 27.7 Å². The molecule has 0 fully saturated rings. The predicted octanol–water partition coefficient (Wildman–Crippen LogP) is 2.83. The first kappa shape index (κ1) is 15.9. The zero-order valence-corrected chi connectivity index (χ0v) is 12.8. The lowest BCUT2D eigenvalue weighted by atomic mass is 10.1. The summed E-state index contributed by atoms with van der Waals surface area (Å²) < 4.78 is 0. The van der Waals surface area contributed by atoms with Gasteiger partial charge in [0.2, 0.25) is 0 Å². The highest BCUT2D eigenvalue weighted by molar-refractivity contribution is 5.35. The molecule has 4 nitrogen and oxygen atoms in total. The minimum absolute atomic E-state index is 0.450. The van der Waals surface area contributed by atoms with Gasteiger partial charge in [0, 0.05) is 19.6 Å². The largest absolute Gasteiger partial charge is 0.355 e. The molecule has 0 atom stereocenters. The van der Waals surface area contributed by atoms with Gasteiger partial charge in [0.15, 0.2) is 0 Å². The van der Waals surface area contributed by atoms with Crippen LogP contribution in [-0.2, 0) is 6.54 Å². The lowest BCUT2D eigenvalue weighted by Gasteiger charge is -2.25. The Morgan fingerprint density at radius 2 is 1.58 bits per heavy atom. The summed E-state index contributed by atoms with van der Waals surface area (Å²) in [5.74, 6) is 2.38. The van der Waals surface area contributed by atoms with E-state index in [0.717, 1.165) is 24.6 Å². The molecule has 108 valence electrons. The van der Waals surface area contributed by atoms with Gasteiger partial charge in [-0.25, -0.2) is 4.98 Å². The van der Waals surface area contributed by atoms with Gasteiger partial charge in [0.25, 0.3) is 0 Å². The molecule has 0 aliphatic heterocycles. The Morgan fingerprint density at radius 1 is 1.00 bits per heavy atom. The van der Waals surface area contributed by atoms with E-state index >= 15 is 0 Å². The van der Waals surface area contributed by atoms with Crippen LogP contribution < -0.4 is 10.6 Å². The topological polar surface area (TPSA) is 55.0 Å². The summed E-state index contributed by atoms with van der Waals surface area (Å²) in [5.41, 5.74) is 6.40. The molecule has 0 saturated carbocycles. The maximum Gasteiger partial charge on any atom is 0.147 e. The number of hydrogen-bond donors (Lipinski definition) is 1. The molecule has 0 saturated heterocycles. The number of nitrogens with two attached hydrogens (primary N) is 1. The van der Waals surface area contributed by atoms with Gasteiger partial charge in [0.1, 0.15) is 5.82 Å². The number of anilines is 1. The SMILES string of the molecule is CC(C)CCN(CCC(C)C)c1cnc(CN)cn1. The summed E-state index contributed by atoms with van der Waals surface area (Å²) in [6.45, 7) is 11.6. The number of hydrogen-bond acceptors (Lipinski definition) is 4. The van der Waals surface area contributed by atoms with Crippen LogP contribution in [0.4, 0.5) is 5.82 Å². The van der Waals surface area contributed by atoms with E-state index in [9.17, 15) is 0 Å². The third-order valence-corrected chi connectivity index (χ3v) is 3.18. The second kappa shape index (κ2) is 8.10. The first-order valence-electron chi connectivity index (χ1n) is 7.28. The molecular formula is C15H28N4. The van der Waals surface area contributed by atoms with E-state index < -0.39 is 0 Å². The molecule has 0 bridgehead atoms. The number of rotatable bonds is 8. The van der Waals surface area contributed by atoms with Gasteiger partial charge in [-0.15, -0.1) is 0 Å². The summed E-state index contributed by atoms with van der Waals surface area (Å²) in [5, 5.41) is 0. The van der Waals surface area contributed by atoms with Crippen molar-refractivity contribution >= 4 is 5.82 Å². The lowest BCUT2D eigenvalue weighted by Crippen LogP contribution is -2.28. The lowest BCUT2D eigenvalue weighted by molar-refractivity contribution is 0.532. The summed E-state index contributed by atoms with van der Waals surface area (Å²) in [6.07, 6.45) is 5.99. The Labute approximate surface area is 117 Å². The van der Waals surface area contributed by atoms with Crippen molar-refractivity contribution in [2.24, 2.45) is 17.6 Å². The van der Waals surface area contributed by atoms with E-state index in [1.54, 1.807) is 6.20 Å². The van der Waals surface area contributed by atoms with Crippen LogP contribution in [0.15, 0.2) is 12.4 Å². The third-order valence-electron chi connectivity index (χ3n) is 3.18. The molecular weight excluding hydrogens is 236 g/mol. The van der Waals surface area contributed by atoms with Crippen LogP contribution in [-0.4, -0.2) is 23.1 Å². The van der Waals surface area contributed by atoms with Crippen molar-refractivity contribution in [2.75, 3.05) is 18.0 Å². The standard InChI is InChI=1S/C15H28N4/c1-12(2)5-7-19(8-6-13(3)4)15-11-17-14(9-16)10-18-15/h10-13H,5-9,16H2,1-4H3. The van der Waals surface area contributed by atoms with Crippen LogP contribution in [0.2, 0.25) is 0 Å². The Hall–Kier alpha value is -1.16. The summed E-state index contributed by atoms with van der Waals surface area (Å²) in [6, 6.07) is 0. The van der Waals surface area contributed by atoms with Gasteiger partial charge in [-0.05, 0) is 24.7 Å². The highest BCUT2D eigenvalue weighted by atomic mass is 15.2. The average Bonchev–Trinajstić information content (AvgIpc) is 2.38. The van der Waals surface area contributed by atoms with E-state index in [1.165, 1.54) is 12.8 Å². The molecule has 19 heavy (non-hydrogen) atoms. The van der Waals surface area contributed by atoms with Crippen molar-refractivity contribution in [1.29, 1.82) is 0 Å². The highest BCUT2D eigenvalue weighted by Crippen LogP contribution is 2.14. The van der Waals surface area contributed by atoms with Crippen LogP contribution in [0.3, 0.4) is 0 Å². The Balaban J connectivity index is 2.69. The maximum atomic E-state index is 5.56. The Kier molecular flexibility index (Phi) is 6.78. The molecule has 1 aromatic rings. The fourth-order valence-corrected chi connectivity index (χ4v) is 1.79. The number of nitrogens with zero attached hydrogens (tertiary/aromatic N) is 3. The molecule has 0 unspecified atom stereocenters. The number of aromatic nitrogens is 2. The first-order chi connectivity index (χ1) is 9.02. The molecule has 0 amide bonds. The minimum Gasteiger partial charge on any atom is -0.355 e. The average molecular weight is 264 g/mol. The minimum atomic E-state index is 0.450. The molecule has 1 heterocycles. The first-order valence-corrected chi connectivity index (χ1v) is 7.28. The van der Waals surface area contributed by atoms with Crippen LogP contribution in [0.25, 0.3) is 0 Å². The molecule has 0 aliphatic rings.